The number of fused-ring (bicyclic) bond motifs is 1. The van der Waals surface area contributed by atoms with E-state index in [-0.39, 0.29) is 12.4 Å². The topological polar surface area (TPSA) is 73.9 Å². The first-order valence-electron chi connectivity index (χ1n) is 7.85. The van der Waals surface area contributed by atoms with Gasteiger partial charge in [0.2, 0.25) is 0 Å². The van der Waals surface area contributed by atoms with Crippen LogP contribution in [0.15, 0.2) is 71.9 Å². The third-order valence-corrected chi connectivity index (χ3v) is 3.76. The molecular weight excluding hydrogens is 316 g/mol. The monoisotopic (exact) mass is 334 g/mol. The third-order valence-electron chi connectivity index (χ3n) is 3.76. The number of benzene rings is 3. The Morgan fingerprint density at radius 1 is 1.00 bits per heavy atom. The van der Waals surface area contributed by atoms with Crippen molar-refractivity contribution < 1.29 is 14.4 Å². The van der Waals surface area contributed by atoms with Crippen LogP contribution in [-0.4, -0.2) is 18.4 Å². The fourth-order valence-electron chi connectivity index (χ4n) is 2.49. The molecule has 25 heavy (non-hydrogen) atoms. The molecule has 0 atom stereocenters. The first kappa shape index (κ1) is 16.5. The maximum atomic E-state index is 11.9. The molecule has 0 fully saturated rings. The summed E-state index contributed by atoms with van der Waals surface area (Å²) in [6.07, 6.45) is 0. The summed E-state index contributed by atoms with van der Waals surface area (Å²) in [5.74, 6) is 0.145. The average Bonchev–Trinajstić information content (AvgIpc) is 2.64. The van der Waals surface area contributed by atoms with Gasteiger partial charge in [-0.25, -0.2) is 4.79 Å². The standard InChI is InChI=1S/C20H18N2O3/c1-14-7-2-4-10-16(14)20(21)22-25-19(23)13-24-18-12-6-9-15-8-3-5-11-17(15)18/h2-12H,13H2,1H3,(H2,21,22). The summed E-state index contributed by atoms with van der Waals surface area (Å²) in [5, 5.41) is 5.66. The lowest BCUT2D eigenvalue weighted by molar-refractivity contribution is -0.146. The molecule has 0 aliphatic carbocycles. The number of amidine groups is 1. The molecule has 0 radical (unpaired) electrons. The van der Waals surface area contributed by atoms with Crippen LogP contribution in [0.4, 0.5) is 0 Å². The SMILES string of the molecule is Cc1ccccc1/C(N)=N\OC(=O)COc1cccc2ccccc12. The average molecular weight is 334 g/mol. The molecule has 2 N–H and O–H groups in total. The van der Waals surface area contributed by atoms with Gasteiger partial charge in [0.05, 0.1) is 0 Å². The van der Waals surface area contributed by atoms with E-state index < -0.39 is 5.97 Å². The summed E-state index contributed by atoms with van der Waals surface area (Å²) in [5.41, 5.74) is 7.54. The lowest BCUT2D eigenvalue weighted by atomic mass is 10.1. The fourth-order valence-corrected chi connectivity index (χ4v) is 2.49. The quantitative estimate of drug-likeness (QED) is 0.336. The second-order valence-corrected chi connectivity index (χ2v) is 5.52. The minimum absolute atomic E-state index is 0.150. The number of ether oxygens (including phenoxy) is 1. The second kappa shape index (κ2) is 7.49. The Morgan fingerprint density at radius 3 is 2.56 bits per heavy atom. The Hall–Kier alpha value is -3.34. The first-order valence-corrected chi connectivity index (χ1v) is 7.85. The van der Waals surface area contributed by atoms with Crippen LogP contribution in [0, 0.1) is 6.92 Å². The second-order valence-electron chi connectivity index (χ2n) is 5.52. The minimum atomic E-state index is -0.621. The van der Waals surface area contributed by atoms with E-state index in [9.17, 15) is 4.79 Å². The van der Waals surface area contributed by atoms with Crippen molar-refractivity contribution >= 4 is 22.6 Å². The summed E-state index contributed by atoms with van der Waals surface area (Å²) in [6.45, 7) is 1.65. The number of carbonyl (C=O) groups is 1. The Morgan fingerprint density at radius 2 is 1.72 bits per heavy atom. The number of oxime groups is 1. The van der Waals surface area contributed by atoms with Crippen LogP contribution >= 0.6 is 0 Å². The molecule has 0 heterocycles. The predicted octanol–water partition coefficient (Wildman–Crippen LogP) is 3.39. The number of rotatable bonds is 5. The van der Waals surface area contributed by atoms with E-state index in [4.69, 9.17) is 15.3 Å². The van der Waals surface area contributed by atoms with Gasteiger partial charge in [-0.15, -0.1) is 0 Å². The van der Waals surface area contributed by atoms with Crippen LogP contribution in [0.1, 0.15) is 11.1 Å². The van der Waals surface area contributed by atoms with Gasteiger partial charge in [0.25, 0.3) is 0 Å². The van der Waals surface area contributed by atoms with Gasteiger partial charge in [-0.2, -0.15) is 0 Å². The van der Waals surface area contributed by atoms with E-state index in [0.717, 1.165) is 21.9 Å². The molecule has 0 aliphatic heterocycles. The molecule has 0 bridgehead atoms. The molecule has 0 aliphatic rings. The highest BCUT2D eigenvalue weighted by Gasteiger charge is 2.08. The van der Waals surface area contributed by atoms with Gasteiger partial charge in [0, 0.05) is 10.9 Å². The molecule has 0 amide bonds. The Balaban J connectivity index is 1.63. The maximum Gasteiger partial charge on any atom is 0.372 e. The summed E-state index contributed by atoms with van der Waals surface area (Å²) >= 11 is 0. The number of aryl methyl sites for hydroxylation is 1. The largest absolute Gasteiger partial charge is 0.481 e. The van der Waals surface area contributed by atoms with E-state index in [1.54, 1.807) is 6.07 Å². The zero-order valence-corrected chi connectivity index (χ0v) is 13.8. The molecule has 3 rings (SSSR count). The van der Waals surface area contributed by atoms with E-state index in [1.165, 1.54) is 0 Å². The molecule has 5 nitrogen and oxygen atoms in total. The van der Waals surface area contributed by atoms with Crippen molar-refractivity contribution in [1.29, 1.82) is 0 Å². The number of hydrogen-bond donors (Lipinski definition) is 1. The van der Waals surface area contributed by atoms with E-state index in [1.807, 2.05) is 67.6 Å². The van der Waals surface area contributed by atoms with Gasteiger partial charge in [0.1, 0.15) is 5.75 Å². The van der Waals surface area contributed by atoms with Crippen LogP contribution in [0.3, 0.4) is 0 Å². The Bertz CT molecular complexity index is 930. The van der Waals surface area contributed by atoms with Crippen molar-refractivity contribution in [2.45, 2.75) is 6.92 Å². The predicted molar refractivity (Wildman–Crippen MR) is 97.4 cm³/mol. The van der Waals surface area contributed by atoms with Crippen molar-refractivity contribution in [1.82, 2.24) is 0 Å². The van der Waals surface area contributed by atoms with E-state index in [2.05, 4.69) is 5.16 Å². The third kappa shape index (κ3) is 3.95. The van der Waals surface area contributed by atoms with Crippen molar-refractivity contribution in [3.8, 4) is 5.75 Å². The minimum Gasteiger partial charge on any atom is -0.481 e. The molecule has 0 unspecified atom stereocenters. The lowest BCUT2D eigenvalue weighted by Crippen LogP contribution is -2.18. The summed E-state index contributed by atoms with van der Waals surface area (Å²) < 4.78 is 5.56. The Labute approximate surface area is 145 Å². The molecule has 126 valence electrons. The normalized spacial score (nSPS) is 11.3. The van der Waals surface area contributed by atoms with Gasteiger partial charge >= 0.3 is 5.97 Å². The molecule has 0 saturated heterocycles. The molecule has 0 saturated carbocycles. The molecule has 0 aromatic heterocycles. The van der Waals surface area contributed by atoms with Crippen molar-refractivity contribution in [2.75, 3.05) is 6.61 Å². The van der Waals surface area contributed by atoms with Gasteiger partial charge in [-0.3, -0.25) is 0 Å². The molecule has 3 aromatic carbocycles. The highest BCUT2D eigenvalue weighted by atomic mass is 16.7. The molecule has 0 spiro atoms. The van der Waals surface area contributed by atoms with Gasteiger partial charge < -0.3 is 15.3 Å². The van der Waals surface area contributed by atoms with Crippen LogP contribution in [-0.2, 0) is 9.63 Å². The summed E-state index contributed by atoms with van der Waals surface area (Å²) in [4.78, 5) is 16.7. The first-order chi connectivity index (χ1) is 12.1. The molecule has 3 aromatic rings. The highest BCUT2D eigenvalue weighted by molar-refractivity contribution is 5.98. The van der Waals surface area contributed by atoms with Gasteiger partial charge in [0.15, 0.2) is 12.4 Å². The zero-order chi connectivity index (χ0) is 17.6. The number of nitrogens with zero attached hydrogens (tertiary/aromatic N) is 1. The van der Waals surface area contributed by atoms with Crippen molar-refractivity contribution in [3.63, 3.8) is 0 Å². The number of hydrogen-bond acceptors (Lipinski definition) is 4. The van der Waals surface area contributed by atoms with Crippen LogP contribution in [0.25, 0.3) is 10.8 Å². The fraction of sp³-hybridized carbons (Fsp3) is 0.100. The van der Waals surface area contributed by atoms with E-state index in [0.29, 0.717) is 5.75 Å². The number of nitrogens with two attached hydrogens (primary N) is 1. The van der Waals surface area contributed by atoms with Crippen molar-refractivity contribution in [3.05, 3.63) is 77.9 Å². The maximum absolute atomic E-state index is 11.9. The van der Waals surface area contributed by atoms with Gasteiger partial charge in [-0.1, -0.05) is 65.8 Å². The molecular formula is C20H18N2O3. The molecule has 5 heteroatoms. The van der Waals surface area contributed by atoms with E-state index >= 15 is 0 Å². The zero-order valence-electron chi connectivity index (χ0n) is 13.8. The summed E-state index contributed by atoms with van der Waals surface area (Å²) in [7, 11) is 0. The van der Waals surface area contributed by atoms with Crippen molar-refractivity contribution in [2.24, 2.45) is 10.9 Å². The smallest absolute Gasteiger partial charge is 0.372 e. The van der Waals surface area contributed by atoms with Crippen LogP contribution in [0.2, 0.25) is 0 Å². The highest BCUT2D eigenvalue weighted by Crippen LogP contribution is 2.25. The number of carbonyl (C=O) groups excluding carboxylic acids is 1. The van der Waals surface area contributed by atoms with Crippen LogP contribution in [0.5, 0.6) is 5.75 Å². The lowest BCUT2D eigenvalue weighted by Gasteiger charge is -2.08. The Kier molecular flexibility index (Phi) is 4.95. The summed E-state index contributed by atoms with van der Waals surface area (Å²) in [6, 6.07) is 20.9. The van der Waals surface area contributed by atoms with Gasteiger partial charge in [-0.05, 0) is 23.9 Å². The van der Waals surface area contributed by atoms with Crippen LogP contribution < -0.4 is 10.5 Å².